The molecule has 100 valence electrons. The lowest BCUT2D eigenvalue weighted by molar-refractivity contribution is -0.119. The summed E-state index contributed by atoms with van der Waals surface area (Å²) >= 11 is 0. The van der Waals surface area contributed by atoms with Crippen molar-refractivity contribution in [3.8, 4) is 0 Å². The first-order valence-corrected chi connectivity index (χ1v) is 6.69. The predicted octanol–water partition coefficient (Wildman–Crippen LogP) is -3.38. The van der Waals surface area contributed by atoms with Crippen LogP contribution in [0.25, 0.3) is 0 Å². The largest absolute Gasteiger partial charge is 0.395 e. The molecule has 0 atom stereocenters. The molecule has 4 N–H and O–H groups in total. The highest BCUT2D eigenvalue weighted by molar-refractivity contribution is 7.92. The number of carbonyl (C=O) groups excluding carboxylic acids is 2. The van der Waals surface area contributed by atoms with Gasteiger partial charge in [-0.2, -0.15) is 0 Å². The second-order valence-electron chi connectivity index (χ2n) is 3.18. The van der Waals surface area contributed by atoms with Crippen molar-refractivity contribution in [3.63, 3.8) is 0 Å². The van der Waals surface area contributed by atoms with Crippen LogP contribution in [0.4, 0.5) is 0 Å². The third kappa shape index (κ3) is 8.60. The molecule has 2 amide bonds. The Labute approximate surface area is 98.9 Å². The maximum atomic E-state index is 11.3. The van der Waals surface area contributed by atoms with Gasteiger partial charge in [-0.25, -0.2) is 8.42 Å². The van der Waals surface area contributed by atoms with E-state index in [4.69, 9.17) is 10.2 Å². The average molecular weight is 268 g/mol. The van der Waals surface area contributed by atoms with Crippen molar-refractivity contribution in [1.82, 2.24) is 10.6 Å². The van der Waals surface area contributed by atoms with Gasteiger partial charge in [0.2, 0.25) is 11.8 Å². The zero-order chi connectivity index (χ0) is 13.3. The van der Waals surface area contributed by atoms with Crippen molar-refractivity contribution in [2.24, 2.45) is 0 Å². The molecule has 0 saturated carbocycles. The van der Waals surface area contributed by atoms with Gasteiger partial charge in [0.25, 0.3) is 0 Å². The quantitative estimate of drug-likeness (QED) is 0.363. The van der Waals surface area contributed by atoms with E-state index in [2.05, 4.69) is 10.6 Å². The zero-order valence-corrected chi connectivity index (χ0v) is 9.99. The van der Waals surface area contributed by atoms with E-state index in [-0.39, 0.29) is 26.3 Å². The summed E-state index contributed by atoms with van der Waals surface area (Å²) in [6, 6.07) is 0. The molecular formula is C8H16N2O6S. The van der Waals surface area contributed by atoms with Crippen LogP contribution >= 0.6 is 0 Å². The van der Waals surface area contributed by atoms with Gasteiger partial charge < -0.3 is 20.8 Å². The first-order valence-electron chi connectivity index (χ1n) is 4.87. The Morgan fingerprint density at radius 3 is 1.53 bits per heavy atom. The molecule has 0 rings (SSSR count). The van der Waals surface area contributed by atoms with E-state index in [1.807, 2.05) is 0 Å². The Kier molecular flexibility index (Phi) is 7.42. The van der Waals surface area contributed by atoms with Crippen LogP contribution in [-0.2, 0) is 19.4 Å². The van der Waals surface area contributed by atoms with Crippen LogP contribution in [0.2, 0.25) is 0 Å². The van der Waals surface area contributed by atoms with Gasteiger partial charge in [-0.1, -0.05) is 0 Å². The maximum Gasteiger partial charge on any atom is 0.235 e. The minimum absolute atomic E-state index is 0.0366. The molecular weight excluding hydrogens is 252 g/mol. The van der Waals surface area contributed by atoms with E-state index in [1.165, 1.54) is 0 Å². The van der Waals surface area contributed by atoms with Crippen molar-refractivity contribution in [2.75, 3.05) is 37.8 Å². The van der Waals surface area contributed by atoms with Crippen molar-refractivity contribution in [1.29, 1.82) is 0 Å². The molecule has 0 bridgehead atoms. The molecule has 0 aromatic rings. The first kappa shape index (κ1) is 15.8. The molecule has 0 radical (unpaired) electrons. The topological polar surface area (TPSA) is 133 Å². The van der Waals surface area contributed by atoms with E-state index in [9.17, 15) is 18.0 Å². The molecule has 0 aliphatic carbocycles. The molecule has 0 heterocycles. The number of hydrogen-bond donors (Lipinski definition) is 4. The third-order valence-electron chi connectivity index (χ3n) is 1.57. The number of nitrogens with one attached hydrogen (secondary N) is 2. The van der Waals surface area contributed by atoms with Crippen molar-refractivity contribution in [2.45, 2.75) is 0 Å². The fourth-order valence-corrected chi connectivity index (χ4v) is 2.05. The number of carbonyl (C=O) groups is 2. The number of sulfone groups is 1. The van der Waals surface area contributed by atoms with Gasteiger partial charge in [-0.3, -0.25) is 9.59 Å². The summed E-state index contributed by atoms with van der Waals surface area (Å²) in [7, 11) is -3.83. The second-order valence-corrected chi connectivity index (χ2v) is 5.24. The molecule has 9 heteroatoms. The smallest absolute Gasteiger partial charge is 0.235 e. The third-order valence-corrected chi connectivity index (χ3v) is 2.97. The minimum atomic E-state index is -3.83. The van der Waals surface area contributed by atoms with Gasteiger partial charge in [-0.05, 0) is 0 Å². The lowest BCUT2D eigenvalue weighted by atomic mass is 10.6. The predicted molar refractivity (Wildman–Crippen MR) is 58.8 cm³/mol. The fourth-order valence-electron chi connectivity index (χ4n) is 0.943. The lowest BCUT2D eigenvalue weighted by Gasteiger charge is -2.05. The highest BCUT2D eigenvalue weighted by Crippen LogP contribution is 1.90. The van der Waals surface area contributed by atoms with E-state index in [0.29, 0.717) is 0 Å². The number of rotatable bonds is 8. The molecule has 0 saturated heterocycles. The average Bonchev–Trinajstić information content (AvgIpc) is 2.22. The van der Waals surface area contributed by atoms with Gasteiger partial charge >= 0.3 is 0 Å². The van der Waals surface area contributed by atoms with Gasteiger partial charge in [-0.15, -0.1) is 0 Å². The molecule has 0 aromatic heterocycles. The SMILES string of the molecule is O=C(CS(=O)(=O)CC(=O)NCCO)NCCO. The Hall–Kier alpha value is -1.19. The van der Waals surface area contributed by atoms with Gasteiger partial charge in [0.1, 0.15) is 11.5 Å². The van der Waals surface area contributed by atoms with Crippen molar-refractivity contribution in [3.05, 3.63) is 0 Å². The van der Waals surface area contributed by atoms with Crippen LogP contribution < -0.4 is 10.6 Å². The van der Waals surface area contributed by atoms with Gasteiger partial charge in [0.05, 0.1) is 13.2 Å². The molecule has 0 aliphatic rings. The standard InChI is InChI=1S/C8H16N2O6S/c11-3-1-9-7(13)5-17(15,16)6-8(14)10-2-4-12/h11-12H,1-6H2,(H,9,13)(H,10,14). The van der Waals surface area contributed by atoms with Crippen molar-refractivity contribution >= 4 is 21.7 Å². The number of hydrogen-bond acceptors (Lipinski definition) is 6. The van der Waals surface area contributed by atoms with Crippen LogP contribution in [0.3, 0.4) is 0 Å². The second kappa shape index (κ2) is 7.98. The van der Waals surface area contributed by atoms with Gasteiger partial charge in [0, 0.05) is 13.1 Å². The molecule has 0 aromatic carbocycles. The first-order chi connectivity index (χ1) is 7.91. The Morgan fingerprint density at radius 2 is 1.24 bits per heavy atom. The summed E-state index contributed by atoms with van der Waals surface area (Å²) in [5, 5.41) is 21.1. The normalized spacial score (nSPS) is 10.9. The molecule has 0 spiro atoms. The van der Waals surface area contributed by atoms with Crippen LogP contribution in [0.15, 0.2) is 0 Å². The maximum absolute atomic E-state index is 11.3. The van der Waals surface area contributed by atoms with E-state index in [1.54, 1.807) is 0 Å². The summed E-state index contributed by atoms with van der Waals surface area (Å²) in [5.74, 6) is -3.15. The minimum Gasteiger partial charge on any atom is -0.395 e. The number of amides is 2. The zero-order valence-electron chi connectivity index (χ0n) is 9.18. The molecule has 8 nitrogen and oxygen atoms in total. The number of aliphatic hydroxyl groups excluding tert-OH is 2. The van der Waals surface area contributed by atoms with Crippen LogP contribution in [0, 0.1) is 0 Å². The fraction of sp³-hybridized carbons (Fsp3) is 0.750. The molecule has 0 fully saturated rings. The monoisotopic (exact) mass is 268 g/mol. The number of aliphatic hydroxyl groups is 2. The van der Waals surface area contributed by atoms with Gasteiger partial charge in [0.15, 0.2) is 9.84 Å². The van der Waals surface area contributed by atoms with Crippen LogP contribution in [-0.4, -0.2) is 68.3 Å². The molecule has 17 heavy (non-hydrogen) atoms. The van der Waals surface area contributed by atoms with E-state index < -0.39 is 33.2 Å². The Balaban J connectivity index is 4.11. The Morgan fingerprint density at radius 1 is 0.882 bits per heavy atom. The van der Waals surface area contributed by atoms with Crippen molar-refractivity contribution < 1.29 is 28.2 Å². The summed E-state index contributed by atoms with van der Waals surface area (Å²) in [5.41, 5.74) is 0. The van der Waals surface area contributed by atoms with E-state index in [0.717, 1.165) is 0 Å². The summed E-state index contributed by atoms with van der Waals surface area (Å²) < 4.78 is 22.7. The van der Waals surface area contributed by atoms with Crippen LogP contribution in [0.5, 0.6) is 0 Å². The summed E-state index contributed by atoms with van der Waals surface area (Å²) in [4.78, 5) is 22.1. The highest BCUT2D eigenvalue weighted by Gasteiger charge is 2.20. The lowest BCUT2D eigenvalue weighted by Crippen LogP contribution is -2.37. The Bertz CT molecular complexity index is 325. The summed E-state index contributed by atoms with van der Waals surface area (Å²) in [6.07, 6.45) is 0. The van der Waals surface area contributed by atoms with E-state index >= 15 is 0 Å². The summed E-state index contributed by atoms with van der Waals surface area (Å²) in [6.45, 7) is -0.651. The highest BCUT2D eigenvalue weighted by atomic mass is 32.2. The van der Waals surface area contributed by atoms with Crippen LogP contribution in [0.1, 0.15) is 0 Å². The molecule has 0 unspecified atom stereocenters. The molecule has 0 aliphatic heterocycles.